The summed E-state index contributed by atoms with van der Waals surface area (Å²) in [4.78, 5) is 31.5. The first-order chi connectivity index (χ1) is 16.5. The summed E-state index contributed by atoms with van der Waals surface area (Å²) in [6.45, 7) is 10.7. The number of methoxy groups -OCH3 is 1. The maximum atomic E-state index is 13.1. The average Bonchev–Trinajstić information content (AvgIpc) is 3.40. The molecule has 0 unspecified atom stereocenters. The molecule has 8 heteroatoms. The van der Waals surface area contributed by atoms with Crippen LogP contribution in [0.3, 0.4) is 0 Å². The van der Waals surface area contributed by atoms with Gasteiger partial charge in [0.25, 0.3) is 0 Å². The van der Waals surface area contributed by atoms with Crippen LogP contribution in [0.15, 0.2) is 35.5 Å². The maximum Gasteiger partial charge on any atom is 0.494 e. The van der Waals surface area contributed by atoms with Gasteiger partial charge in [0.05, 0.1) is 30.8 Å². The summed E-state index contributed by atoms with van der Waals surface area (Å²) in [6, 6.07) is 8.27. The number of piperidine rings is 1. The van der Waals surface area contributed by atoms with Crippen LogP contribution < -0.4 is 5.46 Å². The molecule has 0 saturated carbocycles. The molecule has 1 amide bonds. The lowest BCUT2D eigenvalue weighted by Gasteiger charge is -2.37. The van der Waals surface area contributed by atoms with Gasteiger partial charge in [0.1, 0.15) is 0 Å². The second-order valence-electron chi connectivity index (χ2n) is 10.9. The molecule has 2 atom stereocenters. The van der Waals surface area contributed by atoms with Crippen LogP contribution >= 0.6 is 0 Å². The summed E-state index contributed by atoms with van der Waals surface area (Å²) in [5.41, 5.74) is 3.53. The van der Waals surface area contributed by atoms with Gasteiger partial charge in [-0.05, 0) is 63.6 Å². The zero-order valence-electron chi connectivity index (χ0n) is 21.8. The van der Waals surface area contributed by atoms with Crippen LogP contribution in [0.5, 0.6) is 0 Å². The van der Waals surface area contributed by atoms with E-state index in [1.54, 1.807) is 6.92 Å². The minimum absolute atomic E-state index is 0.00279. The number of nitrogens with zero attached hydrogens (tertiary/aromatic N) is 2. The predicted molar refractivity (Wildman–Crippen MR) is 137 cm³/mol. The fourth-order valence-electron chi connectivity index (χ4n) is 4.91. The Balaban J connectivity index is 1.40. The molecule has 0 radical (unpaired) electrons. The number of carbonyl (C=O) groups excluding carboxylic acids is 2. The molecule has 3 aliphatic rings. The number of likely N-dealkylation sites (tertiary alicyclic amines) is 1. The molecule has 3 heterocycles. The van der Waals surface area contributed by atoms with Crippen molar-refractivity contribution >= 4 is 35.7 Å². The number of hydrogen-bond donors (Lipinski definition) is 0. The molecule has 2 fully saturated rings. The highest BCUT2D eigenvalue weighted by atomic mass is 16.7. The molecule has 35 heavy (non-hydrogen) atoms. The largest absolute Gasteiger partial charge is 0.494 e. The van der Waals surface area contributed by atoms with Gasteiger partial charge in [-0.15, -0.1) is 0 Å². The lowest BCUT2D eigenvalue weighted by Crippen LogP contribution is -2.49. The topological polar surface area (TPSA) is 77.4 Å². The summed E-state index contributed by atoms with van der Waals surface area (Å²) < 4.78 is 17.1. The lowest BCUT2D eigenvalue weighted by molar-refractivity contribution is -0.147. The van der Waals surface area contributed by atoms with Crippen molar-refractivity contribution in [1.82, 2.24) is 4.90 Å². The molecule has 0 aliphatic carbocycles. The van der Waals surface area contributed by atoms with Gasteiger partial charge < -0.3 is 18.9 Å². The van der Waals surface area contributed by atoms with Crippen molar-refractivity contribution in [2.24, 2.45) is 10.9 Å². The minimum Gasteiger partial charge on any atom is -0.469 e. The van der Waals surface area contributed by atoms with E-state index in [2.05, 4.69) is 52.0 Å². The summed E-state index contributed by atoms with van der Waals surface area (Å²) in [5, 5.41) is 0. The quantitative estimate of drug-likeness (QED) is 0.458. The van der Waals surface area contributed by atoms with Crippen molar-refractivity contribution in [3.8, 4) is 0 Å². The highest BCUT2D eigenvalue weighted by Crippen LogP contribution is 2.37. The monoisotopic (exact) mass is 480 g/mol. The van der Waals surface area contributed by atoms with Crippen molar-refractivity contribution < 1.29 is 23.6 Å². The summed E-state index contributed by atoms with van der Waals surface area (Å²) in [5.74, 6) is -0.756. The normalized spacial score (nSPS) is 24.1. The first-order valence-electron chi connectivity index (χ1n) is 12.6. The second-order valence-corrected chi connectivity index (χ2v) is 10.9. The van der Waals surface area contributed by atoms with Crippen LogP contribution in [0.4, 0.5) is 0 Å². The van der Waals surface area contributed by atoms with E-state index in [4.69, 9.17) is 19.0 Å². The van der Waals surface area contributed by atoms with E-state index in [1.807, 2.05) is 11.1 Å². The first-order valence-corrected chi connectivity index (χ1v) is 12.6. The number of allylic oxidation sites excluding steroid dienone is 1. The van der Waals surface area contributed by atoms with Crippen LogP contribution in [-0.2, 0) is 23.6 Å². The predicted octanol–water partition coefficient (Wildman–Crippen LogP) is 3.75. The Bertz CT molecular complexity index is 1010. The molecular weight excluding hydrogens is 443 g/mol. The Kier molecular flexibility index (Phi) is 7.25. The number of ether oxygens (including phenoxy) is 1. The molecule has 0 spiro atoms. The van der Waals surface area contributed by atoms with Gasteiger partial charge in [-0.25, -0.2) is 0 Å². The number of amides is 1. The molecule has 3 aliphatic heterocycles. The maximum absolute atomic E-state index is 13.1. The lowest BCUT2D eigenvalue weighted by atomic mass is 9.78. The Morgan fingerprint density at radius 3 is 2.43 bits per heavy atom. The Morgan fingerprint density at radius 1 is 1.14 bits per heavy atom. The van der Waals surface area contributed by atoms with Crippen LogP contribution in [0.1, 0.15) is 72.3 Å². The molecule has 7 nitrogen and oxygen atoms in total. The molecule has 0 bridgehead atoms. The first kappa shape index (κ1) is 25.6. The second kappa shape index (κ2) is 9.90. The van der Waals surface area contributed by atoms with Gasteiger partial charge in [0.2, 0.25) is 5.91 Å². The van der Waals surface area contributed by atoms with E-state index in [9.17, 15) is 9.59 Å². The fraction of sp³-hybridized carbons (Fsp3) is 0.593. The van der Waals surface area contributed by atoms with Crippen LogP contribution in [-0.4, -0.2) is 60.5 Å². The number of hydrogen-bond acceptors (Lipinski definition) is 6. The Morgan fingerprint density at radius 2 is 1.80 bits per heavy atom. The molecule has 4 rings (SSSR count). The van der Waals surface area contributed by atoms with E-state index in [0.717, 1.165) is 48.0 Å². The third-order valence-corrected chi connectivity index (χ3v) is 7.86. The molecule has 2 saturated heterocycles. The van der Waals surface area contributed by atoms with Crippen molar-refractivity contribution in [2.45, 2.75) is 84.0 Å². The van der Waals surface area contributed by atoms with E-state index in [1.165, 1.54) is 7.11 Å². The van der Waals surface area contributed by atoms with E-state index in [-0.39, 0.29) is 42.7 Å². The zero-order chi connectivity index (χ0) is 25.4. The van der Waals surface area contributed by atoms with E-state index in [0.29, 0.717) is 6.54 Å². The van der Waals surface area contributed by atoms with Crippen molar-refractivity contribution in [3.05, 3.63) is 36.0 Å². The van der Waals surface area contributed by atoms with Crippen molar-refractivity contribution in [3.63, 3.8) is 0 Å². The number of aliphatic imine (C=N–C) groups is 1. The SMILES string of the molecule is COC(=O)C[C@@H](C)C(=O)N1CCCC[C@H]1C1=NC=C(c2ccc(B3OC(C)(C)C(C)(C)O3)cc2)C1. The standard InChI is InChI=1S/C27H37BN2O5/c1-18(15-24(31)33-6)25(32)30-14-8-7-9-23(30)22-16-20(17-29-22)19-10-12-21(13-11-19)28-34-26(2,3)27(4,5)35-28/h10-13,17-18,23H,7-9,14-16H2,1-6H3/t18-,23+/m1/s1. The summed E-state index contributed by atoms with van der Waals surface area (Å²) in [6.07, 6.45) is 5.68. The molecule has 1 aromatic carbocycles. The molecule has 0 aromatic heterocycles. The highest BCUT2D eigenvalue weighted by molar-refractivity contribution is 6.62. The third kappa shape index (κ3) is 5.24. The van der Waals surface area contributed by atoms with E-state index >= 15 is 0 Å². The van der Waals surface area contributed by atoms with Gasteiger partial charge in [-0.2, -0.15) is 0 Å². The van der Waals surface area contributed by atoms with Crippen molar-refractivity contribution in [1.29, 1.82) is 0 Å². The van der Waals surface area contributed by atoms with Gasteiger partial charge in [-0.3, -0.25) is 14.6 Å². The highest BCUT2D eigenvalue weighted by Gasteiger charge is 2.51. The smallest absolute Gasteiger partial charge is 0.469 e. The molecule has 188 valence electrons. The summed E-state index contributed by atoms with van der Waals surface area (Å²) >= 11 is 0. The summed E-state index contributed by atoms with van der Waals surface area (Å²) in [7, 11) is 0.971. The average molecular weight is 480 g/mol. The minimum atomic E-state index is -0.403. The number of carbonyl (C=O) groups is 2. The molecule has 1 aromatic rings. The van der Waals surface area contributed by atoms with E-state index < -0.39 is 5.92 Å². The molecular formula is C27H37BN2O5. The number of benzene rings is 1. The Labute approximate surface area is 209 Å². The zero-order valence-corrected chi connectivity index (χ0v) is 21.8. The molecule has 0 N–H and O–H groups in total. The van der Waals surface area contributed by atoms with Gasteiger partial charge in [0.15, 0.2) is 0 Å². The number of esters is 1. The van der Waals surface area contributed by atoms with Gasteiger partial charge >= 0.3 is 13.1 Å². The third-order valence-electron chi connectivity index (χ3n) is 7.86. The van der Waals surface area contributed by atoms with Crippen LogP contribution in [0.2, 0.25) is 0 Å². The Hall–Kier alpha value is -2.45. The van der Waals surface area contributed by atoms with Crippen LogP contribution in [0.25, 0.3) is 5.57 Å². The fourth-order valence-corrected chi connectivity index (χ4v) is 4.91. The van der Waals surface area contributed by atoms with Gasteiger partial charge in [-0.1, -0.05) is 31.2 Å². The van der Waals surface area contributed by atoms with Crippen LogP contribution in [0, 0.1) is 5.92 Å². The number of rotatable bonds is 6. The van der Waals surface area contributed by atoms with Crippen molar-refractivity contribution in [2.75, 3.05) is 13.7 Å². The van der Waals surface area contributed by atoms with Gasteiger partial charge in [0, 0.05) is 30.8 Å².